The van der Waals surface area contributed by atoms with Crippen LogP contribution in [0.4, 0.5) is 0 Å². The molecule has 1 fully saturated rings. The normalized spacial score (nSPS) is 23.1. The molecule has 25 heavy (non-hydrogen) atoms. The summed E-state index contributed by atoms with van der Waals surface area (Å²) in [5, 5.41) is 0. The second-order valence-electron chi connectivity index (χ2n) is 7.22. The van der Waals surface area contributed by atoms with Gasteiger partial charge in [-0.25, -0.2) is 0 Å². The summed E-state index contributed by atoms with van der Waals surface area (Å²) in [4.78, 5) is 5.07. The van der Waals surface area contributed by atoms with Crippen molar-refractivity contribution >= 4 is 0 Å². The predicted octanol–water partition coefficient (Wildman–Crippen LogP) is 1.96. The van der Waals surface area contributed by atoms with Gasteiger partial charge in [0, 0.05) is 52.0 Å². The number of benzene rings is 1. The lowest BCUT2D eigenvalue weighted by Gasteiger charge is -2.51. The average Bonchev–Trinajstić information content (AvgIpc) is 2.63. The summed E-state index contributed by atoms with van der Waals surface area (Å²) in [6.07, 6.45) is 2.31. The van der Waals surface area contributed by atoms with Crippen LogP contribution < -0.4 is 5.73 Å². The van der Waals surface area contributed by atoms with E-state index in [-0.39, 0.29) is 5.54 Å². The van der Waals surface area contributed by atoms with Gasteiger partial charge < -0.3 is 15.2 Å². The largest absolute Gasteiger partial charge is 0.383 e. The highest BCUT2D eigenvalue weighted by molar-refractivity contribution is 5.15. The van der Waals surface area contributed by atoms with Crippen molar-refractivity contribution in [1.29, 1.82) is 0 Å². The van der Waals surface area contributed by atoms with Crippen LogP contribution in [0.15, 0.2) is 30.3 Å². The van der Waals surface area contributed by atoms with Crippen LogP contribution >= 0.6 is 0 Å². The standard InChI is InChI=1S/C20H35N3O2/c1-18(15-25-3)23(12-13-24-2)20(16-21)10-7-11-22(17-20)14-19-8-5-4-6-9-19/h4-6,8-9,18H,7,10-17,21H2,1-3H3. The lowest BCUT2D eigenvalue weighted by molar-refractivity contribution is -0.0397. The molecule has 0 bridgehead atoms. The van der Waals surface area contributed by atoms with Gasteiger partial charge in [-0.2, -0.15) is 0 Å². The van der Waals surface area contributed by atoms with Gasteiger partial charge in [-0.15, -0.1) is 0 Å². The number of hydrogen-bond donors (Lipinski definition) is 1. The minimum absolute atomic E-state index is 0.0104. The maximum absolute atomic E-state index is 6.35. The highest BCUT2D eigenvalue weighted by atomic mass is 16.5. The first kappa shape index (κ1) is 20.3. The molecule has 2 rings (SSSR count). The van der Waals surface area contributed by atoms with Crippen molar-refractivity contribution in [2.75, 3.05) is 53.6 Å². The molecule has 2 N–H and O–H groups in total. The van der Waals surface area contributed by atoms with E-state index in [1.165, 1.54) is 12.0 Å². The number of nitrogens with zero attached hydrogens (tertiary/aromatic N) is 2. The van der Waals surface area contributed by atoms with E-state index in [0.29, 0.717) is 25.8 Å². The molecule has 0 saturated carbocycles. The zero-order valence-electron chi connectivity index (χ0n) is 16.1. The molecule has 5 nitrogen and oxygen atoms in total. The Kier molecular flexibility index (Phi) is 8.33. The summed E-state index contributed by atoms with van der Waals surface area (Å²) in [5.74, 6) is 0. The average molecular weight is 350 g/mol. The number of rotatable bonds is 10. The Morgan fingerprint density at radius 1 is 1.24 bits per heavy atom. The van der Waals surface area contributed by atoms with Gasteiger partial charge in [0.2, 0.25) is 0 Å². The van der Waals surface area contributed by atoms with Crippen molar-refractivity contribution in [1.82, 2.24) is 9.80 Å². The quantitative estimate of drug-likeness (QED) is 0.700. The molecule has 0 amide bonds. The highest BCUT2D eigenvalue weighted by Gasteiger charge is 2.41. The molecule has 1 aliphatic heterocycles. The van der Waals surface area contributed by atoms with Gasteiger partial charge in [0.05, 0.1) is 13.2 Å². The van der Waals surface area contributed by atoms with E-state index in [9.17, 15) is 0 Å². The van der Waals surface area contributed by atoms with Crippen LogP contribution in [0.5, 0.6) is 0 Å². The van der Waals surface area contributed by atoms with E-state index in [0.717, 1.165) is 32.6 Å². The first-order chi connectivity index (χ1) is 12.1. The summed E-state index contributed by atoms with van der Waals surface area (Å²) in [5.41, 5.74) is 7.70. The van der Waals surface area contributed by atoms with E-state index >= 15 is 0 Å². The smallest absolute Gasteiger partial charge is 0.0615 e. The fourth-order valence-corrected chi connectivity index (χ4v) is 4.15. The maximum atomic E-state index is 6.35. The van der Waals surface area contributed by atoms with Gasteiger partial charge in [0.1, 0.15) is 0 Å². The Bertz CT molecular complexity index is 485. The van der Waals surface area contributed by atoms with Crippen molar-refractivity contribution in [2.24, 2.45) is 5.73 Å². The van der Waals surface area contributed by atoms with Crippen molar-refractivity contribution in [3.63, 3.8) is 0 Å². The van der Waals surface area contributed by atoms with Gasteiger partial charge in [0.15, 0.2) is 0 Å². The molecule has 2 unspecified atom stereocenters. The topological polar surface area (TPSA) is 51.0 Å². The van der Waals surface area contributed by atoms with Crippen molar-refractivity contribution in [3.05, 3.63) is 35.9 Å². The summed E-state index contributed by atoms with van der Waals surface area (Å²) in [7, 11) is 3.53. The van der Waals surface area contributed by atoms with Crippen LogP contribution in [0.2, 0.25) is 0 Å². The SMILES string of the molecule is COCCN(C(C)COC)C1(CN)CCCN(Cc2ccccc2)C1. The van der Waals surface area contributed by atoms with E-state index < -0.39 is 0 Å². The van der Waals surface area contributed by atoms with E-state index in [1.807, 2.05) is 0 Å². The van der Waals surface area contributed by atoms with E-state index in [1.54, 1.807) is 14.2 Å². The van der Waals surface area contributed by atoms with Gasteiger partial charge in [-0.05, 0) is 31.9 Å². The molecule has 142 valence electrons. The molecule has 0 aliphatic carbocycles. The number of likely N-dealkylation sites (tertiary alicyclic amines) is 1. The second-order valence-corrected chi connectivity index (χ2v) is 7.22. The summed E-state index contributed by atoms with van der Waals surface area (Å²) >= 11 is 0. The molecule has 0 aromatic heterocycles. The summed E-state index contributed by atoms with van der Waals surface area (Å²) < 4.78 is 10.8. The maximum Gasteiger partial charge on any atom is 0.0615 e. The lowest BCUT2D eigenvalue weighted by atomic mass is 9.85. The number of piperidine rings is 1. The third kappa shape index (κ3) is 5.50. The van der Waals surface area contributed by atoms with Crippen LogP contribution in [0.1, 0.15) is 25.3 Å². The number of nitrogens with two attached hydrogens (primary N) is 1. The first-order valence-electron chi connectivity index (χ1n) is 9.36. The third-order valence-electron chi connectivity index (χ3n) is 5.35. The molecular formula is C20H35N3O2. The van der Waals surface area contributed by atoms with Crippen LogP contribution in [0.3, 0.4) is 0 Å². The Morgan fingerprint density at radius 3 is 2.64 bits per heavy atom. The Labute approximate surface area is 153 Å². The number of ether oxygens (including phenoxy) is 2. The molecule has 1 aromatic rings. The monoisotopic (exact) mass is 349 g/mol. The van der Waals surface area contributed by atoms with Crippen molar-refractivity contribution in [3.8, 4) is 0 Å². The van der Waals surface area contributed by atoms with Crippen LogP contribution in [0, 0.1) is 0 Å². The van der Waals surface area contributed by atoms with Gasteiger partial charge >= 0.3 is 0 Å². The van der Waals surface area contributed by atoms with Crippen molar-refractivity contribution in [2.45, 2.75) is 37.9 Å². The molecule has 2 atom stereocenters. The molecule has 1 aromatic carbocycles. The zero-order valence-corrected chi connectivity index (χ0v) is 16.1. The lowest BCUT2D eigenvalue weighted by Crippen LogP contribution is -2.65. The highest BCUT2D eigenvalue weighted by Crippen LogP contribution is 2.29. The molecule has 0 spiro atoms. The second kappa shape index (κ2) is 10.2. The zero-order chi connectivity index (χ0) is 18.1. The van der Waals surface area contributed by atoms with Gasteiger partial charge in [0.25, 0.3) is 0 Å². The molecule has 1 saturated heterocycles. The summed E-state index contributed by atoms with van der Waals surface area (Å²) in [6.45, 7) is 8.32. The molecule has 5 heteroatoms. The number of methoxy groups -OCH3 is 2. The van der Waals surface area contributed by atoms with Crippen LogP contribution in [0.25, 0.3) is 0 Å². The fourth-order valence-electron chi connectivity index (χ4n) is 4.15. The Morgan fingerprint density at radius 2 is 2.00 bits per heavy atom. The minimum Gasteiger partial charge on any atom is -0.383 e. The molecule has 1 heterocycles. The van der Waals surface area contributed by atoms with Crippen LogP contribution in [-0.2, 0) is 16.0 Å². The molecule has 0 radical (unpaired) electrons. The molecular weight excluding hydrogens is 314 g/mol. The van der Waals surface area contributed by atoms with Crippen LogP contribution in [-0.4, -0.2) is 75.0 Å². The van der Waals surface area contributed by atoms with Gasteiger partial charge in [-0.1, -0.05) is 30.3 Å². The predicted molar refractivity (Wildman–Crippen MR) is 103 cm³/mol. The van der Waals surface area contributed by atoms with Gasteiger partial charge in [-0.3, -0.25) is 9.80 Å². The minimum atomic E-state index is -0.0104. The fraction of sp³-hybridized carbons (Fsp3) is 0.700. The first-order valence-corrected chi connectivity index (χ1v) is 9.36. The van der Waals surface area contributed by atoms with E-state index in [4.69, 9.17) is 15.2 Å². The Balaban J connectivity index is 2.13. The molecule has 1 aliphatic rings. The van der Waals surface area contributed by atoms with Crippen molar-refractivity contribution < 1.29 is 9.47 Å². The number of hydrogen-bond acceptors (Lipinski definition) is 5. The summed E-state index contributed by atoms with van der Waals surface area (Å²) in [6, 6.07) is 11.0. The Hall–Kier alpha value is -0.980. The third-order valence-corrected chi connectivity index (χ3v) is 5.35. The van der Waals surface area contributed by atoms with E-state index in [2.05, 4.69) is 47.1 Å².